The van der Waals surface area contributed by atoms with Crippen molar-refractivity contribution in [3.63, 3.8) is 0 Å². The van der Waals surface area contributed by atoms with Gasteiger partial charge < -0.3 is 4.90 Å². The number of nitrogens with zero attached hydrogens (tertiary/aromatic N) is 4. The molecule has 0 radical (unpaired) electrons. The van der Waals surface area contributed by atoms with Gasteiger partial charge in [0.25, 0.3) is 11.5 Å². The van der Waals surface area contributed by atoms with Crippen molar-refractivity contribution in [3.05, 3.63) is 31.9 Å². The molecule has 2 aliphatic rings. The summed E-state index contributed by atoms with van der Waals surface area (Å²) in [6.07, 6.45) is 4.74. The smallest absolute Gasteiger partial charge is 0.270 e. The number of nitriles is 1. The maximum atomic E-state index is 13.0. The molecule has 3 heterocycles. The Morgan fingerprint density at radius 3 is 2.45 bits per heavy atom. The predicted octanol–water partition coefficient (Wildman–Crippen LogP) is 3.65. The maximum Gasteiger partial charge on any atom is 0.270 e. The minimum absolute atomic E-state index is 0.0173. The Morgan fingerprint density at radius 1 is 1.28 bits per heavy atom. The molecule has 0 N–H and O–H groups in total. The van der Waals surface area contributed by atoms with Crippen LogP contribution in [0.4, 0.5) is 5.82 Å². The molecule has 8 heteroatoms. The molecular formula is C21H26N4O2S2. The Bertz CT molecular complexity index is 982. The van der Waals surface area contributed by atoms with Crippen LogP contribution in [0.2, 0.25) is 0 Å². The molecule has 0 bridgehead atoms. The molecule has 154 valence electrons. The van der Waals surface area contributed by atoms with Crippen LogP contribution < -0.4 is 10.5 Å². The largest absolute Gasteiger partial charge is 0.357 e. The Hall–Kier alpha value is -2.11. The lowest BCUT2D eigenvalue weighted by Crippen LogP contribution is -2.34. The molecule has 29 heavy (non-hydrogen) atoms. The monoisotopic (exact) mass is 430 g/mol. The van der Waals surface area contributed by atoms with Crippen LogP contribution in [0.3, 0.4) is 0 Å². The van der Waals surface area contributed by atoms with Crippen LogP contribution in [0, 0.1) is 18.3 Å². The summed E-state index contributed by atoms with van der Waals surface area (Å²) in [4.78, 5) is 30.3. The van der Waals surface area contributed by atoms with Crippen LogP contribution in [-0.2, 0) is 11.3 Å². The van der Waals surface area contributed by atoms with Crippen LogP contribution in [0.15, 0.2) is 9.70 Å². The third-order valence-corrected chi connectivity index (χ3v) is 6.64. The number of thiocarbonyl (C=S) groups is 1. The number of hydrogen-bond donors (Lipinski definition) is 0. The van der Waals surface area contributed by atoms with E-state index in [1.807, 2.05) is 26.8 Å². The summed E-state index contributed by atoms with van der Waals surface area (Å²) >= 11 is 6.69. The number of rotatable bonds is 5. The van der Waals surface area contributed by atoms with Crippen molar-refractivity contribution in [1.82, 2.24) is 9.47 Å². The molecule has 2 fully saturated rings. The Kier molecular flexibility index (Phi) is 6.49. The summed E-state index contributed by atoms with van der Waals surface area (Å²) in [7, 11) is 0. The van der Waals surface area contributed by atoms with E-state index >= 15 is 0 Å². The van der Waals surface area contributed by atoms with E-state index in [9.17, 15) is 14.9 Å². The minimum Gasteiger partial charge on any atom is -0.357 e. The van der Waals surface area contributed by atoms with Gasteiger partial charge in [0.2, 0.25) is 0 Å². The van der Waals surface area contributed by atoms with E-state index in [0.717, 1.165) is 43.7 Å². The molecule has 3 rings (SSSR count). The molecule has 0 aromatic carbocycles. The molecule has 0 aliphatic carbocycles. The summed E-state index contributed by atoms with van der Waals surface area (Å²) in [5.74, 6) is 0.703. The van der Waals surface area contributed by atoms with Crippen LogP contribution >= 0.6 is 24.0 Å². The molecule has 1 aromatic heterocycles. The van der Waals surface area contributed by atoms with Crippen molar-refractivity contribution in [2.75, 3.05) is 18.0 Å². The number of carbonyl (C=O) groups is 1. The Balaban J connectivity index is 2.26. The molecule has 0 unspecified atom stereocenters. The number of aromatic nitrogens is 1. The number of pyridine rings is 1. The van der Waals surface area contributed by atoms with E-state index in [-0.39, 0.29) is 23.1 Å². The third-order valence-electron chi connectivity index (χ3n) is 5.31. The first-order valence-corrected chi connectivity index (χ1v) is 11.2. The highest BCUT2D eigenvalue weighted by molar-refractivity contribution is 8.26. The molecule has 2 saturated heterocycles. The first kappa shape index (κ1) is 21.6. The average Bonchev–Trinajstić information content (AvgIpc) is 3.28. The maximum absolute atomic E-state index is 13.0. The quantitative estimate of drug-likeness (QED) is 0.525. The second kappa shape index (κ2) is 8.72. The number of amides is 1. The third kappa shape index (κ3) is 3.86. The zero-order valence-electron chi connectivity index (χ0n) is 17.3. The number of carbonyl (C=O) groups excluding carboxylic acids is 1. The van der Waals surface area contributed by atoms with Crippen LogP contribution in [0.5, 0.6) is 0 Å². The lowest BCUT2D eigenvalue weighted by molar-refractivity contribution is -0.123. The van der Waals surface area contributed by atoms with E-state index in [4.69, 9.17) is 12.2 Å². The van der Waals surface area contributed by atoms with Gasteiger partial charge in [0.1, 0.15) is 21.8 Å². The van der Waals surface area contributed by atoms with Gasteiger partial charge in [-0.15, -0.1) is 0 Å². The zero-order chi connectivity index (χ0) is 21.3. The number of anilines is 1. The lowest BCUT2D eigenvalue weighted by Gasteiger charge is -2.26. The normalized spacial score (nSPS) is 18.4. The van der Waals surface area contributed by atoms with E-state index in [2.05, 4.69) is 11.0 Å². The first-order valence-electron chi connectivity index (χ1n) is 10.0. The number of hydrogen-bond acceptors (Lipinski definition) is 6. The van der Waals surface area contributed by atoms with Gasteiger partial charge in [0.15, 0.2) is 0 Å². The van der Waals surface area contributed by atoms with E-state index < -0.39 is 0 Å². The van der Waals surface area contributed by atoms with Gasteiger partial charge in [0, 0.05) is 31.2 Å². The predicted molar refractivity (Wildman–Crippen MR) is 122 cm³/mol. The van der Waals surface area contributed by atoms with Gasteiger partial charge >= 0.3 is 0 Å². The highest BCUT2D eigenvalue weighted by atomic mass is 32.2. The van der Waals surface area contributed by atoms with Crippen LogP contribution in [0.25, 0.3) is 6.08 Å². The van der Waals surface area contributed by atoms with Gasteiger partial charge in [-0.05, 0) is 51.7 Å². The van der Waals surface area contributed by atoms with Gasteiger partial charge in [-0.1, -0.05) is 30.9 Å². The SMILES string of the molecule is CCCn1c(N2CCCC2)c(/C=C2\SC(=S)N(C(C)C)C2=O)c(C)c(C#N)c1=O. The first-order chi connectivity index (χ1) is 13.8. The molecule has 0 saturated carbocycles. The standard InChI is InChI=1S/C21H26N4O2S2/c1-5-8-24-18(23-9-6-7-10-23)15(14(4)16(12-22)19(24)26)11-17-20(27)25(13(2)3)21(28)29-17/h11,13H,5-10H2,1-4H3/b17-11-. The molecule has 1 amide bonds. The highest BCUT2D eigenvalue weighted by Gasteiger charge is 2.35. The molecule has 0 atom stereocenters. The Morgan fingerprint density at radius 2 is 1.93 bits per heavy atom. The second-order valence-corrected chi connectivity index (χ2v) is 9.32. The molecular weight excluding hydrogens is 404 g/mol. The van der Waals surface area contributed by atoms with E-state index in [0.29, 0.717) is 21.3 Å². The summed E-state index contributed by atoms with van der Waals surface area (Å²) in [5.41, 5.74) is 1.30. The second-order valence-electron chi connectivity index (χ2n) is 7.65. The van der Waals surface area contributed by atoms with Gasteiger partial charge in [0.05, 0.1) is 4.91 Å². The van der Waals surface area contributed by atoms with Crippen molar-refractivity contribution >= 4 is 46.1 Å². The van der Waals surface area contributed by atoms with Crippen LogP contribution in [-0.4, -0.2) is 38.8 Å². The average molecular weight is 431 g/mol. The minimum atomic E-state index is -0.249. The molecule has 0 spiro atoms. The summed E-state index contributed by atoms with van der Waals surface area (Å²) in [6, 6.07) is 2.07. The van der Waals surface area contributed by atoms with Gasteiger partial charge in [-0.25, -0.2) is 0 Å². The number of thioether (sulfide) groups is 1. The van der Waals surface area contributed by atoms with Gasteiger partial charge in [-0.2, -0.15) is 5.26 Å². The molecule has 1 aromatic rings. The fourth-order valence-corrected chi connectivity index (χ4v) is 5.41. The summed E-state index contributed by atoms with van der Waals surface area (Å²) < 4.78 is 2.25. The van der Waals surface area contributed by atoms with Crippen molar-refractivity contribution in [2.24, 2.45) is 0 Å². The van der Waals surface area contributed by atoms with E-state index in [1.165, 1.54) is 11.8 Å². The van der Waals surface area contributed by atoms with Gasteiger partial charge in [-0.3, -0.25) is 19.1 Å². The van der Waals surface area contributed by atoms with Crippen molar-refractivity contribution in [1.29, 1.82) is 5.26 Å². The van der Waals surface area contributed by atoms with Crippen LogP contribution in [0.1, 0.15) is 56.7 Å². The topological polar surface area (TPSA) is 69.3 Å². The van der Waals surface area contributed by atoms with Crippen molar-refractivity contribution in [3.8, 4) is 6.07 Å². The summed E-state index contributed by atoms with van der Waals surface area (Å²) in [5, 5.41) is 9.64. The van der Waals surface area contributed by atoms with Crippen molar-refractivity contribution in [2.45, 2.75) is 59.5 Å². The Labute approximate surface area is 181 Å². The molecule has 2 aliphatic heterocycles. The summed E-state index contributed by atoms with van der Waals surface area (Å²) in [6.45, 7) is 9.94. The highest BCUT2D eigenvalue weighted by Crippen LogP contribution is 2.37. The fraction of sp³-hybridized carbons (Fsp3) is 0.524. The van der Waals surface area contributed by atoms with E-state index in [1.54, 1.807) is 16.4 Å². The fourth-order valence-electron chi connectivity index (χ4n) is 3.90. The lowest BCUT2D eigenvalue weighted by atomic mass is 10.0. The molecule has 6 nitrogen and oxygen atoms in total. The van der Waals surface area contributed by atoms with Crippen molar-refractivity contribution < 1.29 is 4.79 Å². The zero-order valence-corrected chi connectivity index (χ0v) is 19.0.